The van der Waals surface area contributed by atoms with Gasteiger partial charge in [-0.2, -0.15) is 20.1 Å². The lowest BCUT2D eigenvalue weighted by Crippen LogP contribution is -2.07. The molecule has 13 heteroatoms. The van der Waals surface area contributed by atoms with Gasteiger partial charge in [-0.3, -0.25) is 10.1 Å². The van der Waals surface area contributed by atoms with E-state index in [2.05, 4.69) is 52.0 Å². The first-order chi connectivity index (χ1) is 16.9. The molecule has 3 aromatic carbocycles. The standard InChI is InChI=1S/C22H17BrN8O4/c23-17-10-13(18(32)11-19(17)33)12-24-30-22-28-20(25-14-4-2-1-3-5-14)27-21(29-22)26-15-6-8-16(9-7-15)31(34)35/h1-12,32-33H,(H3,25,26,27,28,29,30). The summed E-state index contributed by atoms with van der Waals surface area (Å²) in [7, 11) is 0. The fraction of sp³-hybridized carbons (Fsp3) is 0. The summed E-state index contributed by atoms with van der Waals surface area (Å²) in [6, 6.07) is 17.7. The number of phenolic OH excluding ortho intramolecular Hbond substituents is 2. The minimum Gasteiger partial charge on any atom is -0.507 e. The Morgan fingerprint density at radius 1 is 0.857 bits per heavy atom. The number of nitrogens with one attached hydrogen (secondary N) is 3. The second kappa shape index (κ2) is 10.4. The fourth-order valence-corrected chi connectivity index (χ4v) is 3.17. The molecule has 1 aromatic heterocycles. The maximum Gasteiger partial charge on any atom is 0.269 e. The van der Waals surface area contributed by atoms with Crippen molar-refractivity contribution in [2.75, 3.05) is 16.1 Å². The van der Waals surface area contributed by atoms with Gasteiger partial charge in [0.2, 0.25) is 17.8 Å². The van der Waals surface area contributed by atoms with Gasteiger partial charge in [0.15, 0.2) is 0 Å². The van der Waals surface area contributed by atoms with Gasteiger partial charge in [-0.1, -0.05) is 18.2 Å². The van der Waals surface area contributed by atoms with E-state index >= 15 is 0 Å². The zero-order valence-corrected chi connectivity index (χ0v) is 19.3. The van der Waals surface area contributed by atoms with Gasteiger partial charge in [0.1, 0.15) is 11.5 Å². The van der Waals surface area contributed by atoms with Crippen LogP contribution in [0.1, 0.15) is 5.56 Å². The molecule has 0 amide bonds. The molecule has 12 nitrogen and oxygen atoms in total. The zero-order chi connectivity index (χ0) is 24.8. The maximum absolute atomic E-state index is 10.9. The van der Waals surface area contributed by atoms with Crippen LogP contribution in [-0.2, 0) is 0 Å². The van der Waals surface area contributed by atoms with E-state index < -0.39 is 4.92 Å². The van der Waals surface area contributed by atoms with E-state index in [1.165, 1.54) is 42.6 Å². The number of para-hydroxylation sites is 1. The molecule has 0 atom stereocenters. The Kier molecular flexibility index (Phi) is 6.97. The van der Waals surface area contributed by atoms with Crippen LogP contribution in [0.5, 0.6) is 11.5 Å². The van der Waals surface area contributed by atoms with Crippen molar-refractivity contribution in [2.24, 2.45) is 5.10 Å². The van der Waals surface area contributed by atoms with Crippen molar-refractivity contribution >= 4 is 57.1 Å². The lowest BCUT2D eigenvalue weighted by Gasteiger charge is -2.10. The number of aromatic nitrogens is 3. The molecule has 0 unspecified atom stereocenters. The second-order valence-electron chi connectivity index (χ2n) is 6.96. The van der Waals surface area contributed by atoms with E-state index in [9.17, 15) is 20.3 Å². The van der Waals surface area contributed by atoms with E-state index in [0.717, 1.165) is 5.69 Å². The number of hydrogen-bond donors (Lipinski definition) is 5. The monoisotopic (exact) mass is 536 g/mol. The highest BCUT2D eigenvalue weighted by molar-refractivity contribution is 9.10. The van der Waals surface area contributed by atoms with Crippen LogP contribution in [0.25, 0.3) is 0 Å². The quantitative estimate of drug-likeness (QED) is 0.118. The van der Waals surface area contributed by atoms with Crippen molar-refractivity contribution in [2.45, 2.75) is 0 Å². The lowest BCUT2D eigenvalue weighted by atomic mass is 10.2. The van der Waals surface area contributed by atoms with Crippen molar-refractivity contribution in [1.29, 1.82) is 0 Å². The minimum absolute atomic E-state index is 0.0431. The van der Waals surface area contributed by atoms with Crippen LogP contribution in [0.2, 0.25) is 0 Å². The molecule has 0 fully saturated rings. The third-order valence-electron chi connectivity index (χ3n) is 4.46. The van der Waals surface area contributed by atoms with E-state index in [4.69, 9.17) is 0 Å². The summed E-state index contributed by atoms with van der Waals surface area (Å²) in [5.74, 6) is 0.169. The molecule has 0 bridgehead atoms. The van der Waals surface area contributed by atoms with Gasteiger partial charge in [-0.25, -0.2) is 5.43 Å². The molecule has 176 valence electrons. The van der Waals surface area contributed by atoms with Gasteiger partial charge in [-0.05, 0) is 46.3 Å². The Morgan fingerprint density at radius 3 is 2.09 bits per heavy atom. The van der Waals surface area contributed by atoms with E-state index in [1.54, 1.807) is 0 Å². The normalized spacial score (nSPS) is 10.8. The number of phenols is 2. The summed E-state index contributed by atoms with van der Waals surface area (Å²) in [5, 5.41) is 40.6. The van der Waals surface area contributed by atoms with Crippen LogP contribution in [0, 0.1) is 10.1 Å². The number of hydrazone groups is 1. The highest BCUT2D eigenvalue weighted by Crippen LogP contribution is 2.30. The number of non-ortho nitro benzene ring substituents is 1. The van der Waals surface area contributed by atoms with E-state index in [-0.39, 0.29) is 35.0 Å². The van der Waals surface area contributed by atoms with Crippen molar-refractivity contribution in [3.05, 3.63) is 86.9 Å². The summed E-state index contributed by atoms with van der Waals surface area (Å²) < 4.78 is 0.390. The van der Waals surface area contributed by atoms with Crippen LogP contribution >= 0.6 is 15.9 Å². The maximum atomic E-state index is 10.9. The summed E-state index contributed by atoms with van der Waals surface area (Å²) in [6.45, 7) is 0. The Morgan fingerprint density at radius 2 is 1.46 bits per heavy atom. The van der Waals surface area contributed by atoms with Gasteiger partial charge in [-0.15, -0.1) is 0 Å². The Labute approximate surface area is 206 Å². The van der Waals surface area contributed by atoms with E-state index in [1.807, 2.05) is 30.3 Å². The van der Waals surface area contributed by atoms with Gasteiger partial charge >= 0.3 is 0 Å². The molecule has 0 aliphatic rings. The first kappa shape index (κ1) is 23.4. The molecule has 35 heavy (non-hydrogen) atoms. The van der Waals surface area contributed by atoms with Crippen molar-refractivity contribution in [3.8, 4) is 11.5 Å². The SMILES string of the molecule is O=[N+]([O-])c1ccc(Nc2nc(NN=Cc3cc(Br)c(O)cc3O)nc(Nc3ccccc3)n2)cc1. The Balaban J connectivity index is 1.59. The number of nitro benzene ring substituents is 1. The summed E-state index contributed by atoms with van der Waals surface area (Å²) >= 11 is 3.18. The lowest BCUT2D eigenvalue weighted by molar-refractivity contribution is -0.384. The summed E-state index contributed by atoms with van der Waals surface area (Å²) in [4.78, 5) is 23.3. The van der Waals surface area contributed by atoms with Crippen molar-refractivity contribution < 1.29 is 15.1 Å². The van der Waals surface area contributed by atoms with Crippen LogP contribution in [0.15, 0.2) is 76.3 Å². The molecule has 1 heterocycles. The minimum atomic E-state index is -0.487. The third kappa shape index (κ3) is 6.17. The largest absolute Gasteiger partial charge is 0.507 e. The van der Waals surface area contributed by atoms with Crippen molar-refractivity contribution in [3.63, 3.8) is 0 Å². The number of rotatable bonds is 8. The number of nitro groups is 1. The highest BCUT2D eigenvalue weighted by Gasteiger charge is 2.10. The first-order valence-corrected chi connectivity index (χ1v) is 10.8. The molecule has 4 rings (SSSR count). The number of halogens is 1. The van der Waals surface area contributed by atoms with Gasteiger partial charge in [0.05, 0.1) is 15.6 Å². The van der Waals surface area contributed by atoms with E-state index in [0.29, 0.717) is 15.7 Å². The Hall–Kier alpha value is -4.78. The molecule has 5 N–H and O–H groups in total. The smallest absolute Gasteiger partial charge is 0.269 e. The third-order valence-corrected chi connectivity index (χ3v) is 5.10. The van der Waals surface area contributed by atoms with Gasteiger partial charge in [0, 0.05) is 35.1 Å². The van der Waals surface area contributed by atoms with Crippen LogP contribution in [-0.4, -0.2) is 36.3 Å². The Bertz CT molecular complexity index is 1380. The average Bonchev–Trinajstić information content (AvgIpc) is 2.83. The number of hydrogen-bond acceptors (Lipinski definition) is 11. The summed E-state index contributed by atoms with van der Waals surface area (Å²) in [6.07, 6.45) is 1.33. The molecule has 0 saturated heterocycles. The first-order valence-electron chi connectivity index (χ1n) is 9.97. The molecule has 0 aliphatic heterocycles. The molecular weight excluding hydrogens is 520 g/mol. The molecule has 0 spiro atoms. The number of aromatic hydroxyl groups is 2. The summed E-state index contributed by atoms with van der Waals surface area (Å²) in [5.41, 5.74) is 4.25. The van der Waals surface area contributed by atoms with Gasteiger partial charge in [0.25, 0.3) is 5.69 Å². The molecule has 0 radical (unpaired) electrons. The van der Waals surface area contributed by atoms with Gasteiger partial charge < -0.3 is 20.8 Å². The van der Waals surface area contributed by atoms with Crippen LogP contribution in [0.4, 0.5) is 34.9 Å². The molecular formula is C22H17BrN8O4. The second-order valence-corrected chi connectivity index (χ2v) is 7.81. The highest BCUT2D eigenvalue weighted by atomic mass is 79.9. The topological polar surface area (TPSA) is 171 Å². The predicted molar refractivity (Wildman–Crippen MR) is 135 cm³/mol. The van der Waals surface area contributed by atoms with Crippen LogP contribution in [0.3, 0.4) is 0 Å². The predicted octanol–water partition coefficient (Wildman–Crippen LogP) is 4.89. The number of anilines is 5. The van der Waals surface area contributed by atoms with Crippen molar-refractivity contribution in [1.82, 2.24) is 15.0 Å². The number of benzene rings is 3. The molecule has 0 aliphatic carbocycles. The number of nitrogens with zero attached hydrogens (tertiary/aromatic N) is 5. The fourth-order valence-electron chi connectivity index (χ4n) is 2.81. The molecule has 4 aromatic rings. The molecule has 0 saturated carbocycles. The zero-order valence-electron chi connectivity index (χ0n) is 17.8. The van der Waals surface area contributed by atoms with Crippen LogP contribution < -0.4 is 16.1 Å². The average molecular weight is 537 g/mol.